The third-order valence-corrected chi connectivity index (χ3v) is 14.2. The van der Waals surface area contributed by atoms with Crippen molar-refractivity contribution in [3.63, 3.8) is 0 Å². The van der Waals surface area contributed by atoms with E-state index >= 15 is 0 Å². The van der Waals surface area contributed by atoms with E-state index in [0.29, 0.717) is 36.9 Å². The molecule has 0 aromatic heterocycles. The second kappa shape index (κ2) is 53.8. The van der Waals surface area contributed by atoms with Gasteiger partial charge in [0.1, 0.15) is 0 Å². The summed E-state index contributed by atoms with van der Waals surface area (Å²) < 4.78 is 11.4. The molecular formula is C62H116O7. The molecule has 7 nitrogen and oxygen atoms in total. The first-order valence-electron chi connectivity index (χ1n) is 30.7. The normalized spacial score (nSPS) is 11.4. The third-order valence-electron chi connectivity index (χ3n) is 14.2. The summed E-state index contributed by atoms with van der Waals surface area (Å²) in [5.74, 6) is 0.517. The van der Waals surface area contributed by atoms with Crippen LogP contribution in [0.1, 0.15) is 339 Å². The molecule has 1 aromatic rings. The topological polar surface area (TPSA) is 72.5 Å². The van der Waals surface area contributed by atoms with Crippen molar-refractivity contribution in [3.8, 4) is 17.2 Å². The highest BCUT2D eigenvalue weighted by Crippen LogP contribution is 2.40. The molecule has 1 aromatic carbocycles. The number of hydrogen-bond donors (Lipinski definition) is 0. The van der Waals surface area contributed by atoms with Gasteiger partial charge >= 0.3 is 5.97 Å². The number of rotatable bonds is 57. The van der Waals surface area contributed by atoms with Crippen molar-refractivity contribution in [1.82, 2.24) is 0 Å². The molecule has 0 radical (unpaired) electrons. The summed E-state index contributed by atoms with van der Waals surface area (Å²) in [5, 5.41) is 0. The number of hydrogen-bond acceptors (Lipinski definition) is 7. The first-order chi connectivity index (χ1) is 34.2. The molecule has 0 unspecified atom stereocenters. The van der Waals surface area contributed by atoms with Crippen LogP contribution in [0, 0.1) is 0 Å². The Morgan fingerprint density at radius 1 is 0.319 bits per heavy atom. The van der Waals surface area contributed by atoms with E-state index in [9.17, 15) is 4.79 Å². The smallest absolute Gasteiger partial charge is 0.338 e. The number of carbonyl (C=O) groups is 1. The standard InChI is InChI=1S/C62H116O7/c1-5-8-11-14-17-20-23-26-29-32-35-38-41-44-47-50-53-65-59-56-58(62(63)64-4)57-60(68-66-54-51-48-45-42-39-36-33-30-27-24-21-18-15-12-9-6-2)61(59)69-67-55-52-49-46-43-40-37-34-31-28-25-22-19-16-13-10-7-3/h56-57H,5-55H2,1-4H3. The van der Waals surface area contributed by atoms with Crippen LogP contribution >= 0.6 is 0 Å². The van der Waals surface area contributed by atoms with Gasteiger partial charge in [-0.1, -0.05) is 310 Å². The fourth-order valence-corrected chi connectivity index (χ4v) is 9.52. The number of methoxy groups -OCH3 is 1. The Labute approximate surface area is 429 Å². The lowest BCUT2D eigenvalue weighted by atomic mass is 10.0. The molecule has 1 rings (SSSR count). The number of unbranched alkanes of at least 4 members (excludes halogenated alkanes) is 45. The van der Waals surface area contributed by atoms with E-state index in [2.05, 4.69) is 20.8 Å². The summed E-state index contributed by atoms with van der Waals surface area (Å²) in [6, 6.07) is 3.28. The molecule has 7 heteroatoms. The molecule has 0 heterocycles. The molecule has 406 valence electrons. The second-order valence-electron chi connectivity index (χ2n) is 20.9. The highest BCUT2D eigenvalue weighted by atomic mass is 17.2. The van der Waals surface area contributed by atoms with Crippen molar-refractivity contribution < 1.29 is 33.8 Å². The molecule has 0 fully saturated rings. The van der Waals surface area contributed by atoms with E-state index < -0.39 is 5.97 Å². The van der Waals surface area contributed by atoms with Crippen LogP contribution < -0.4 is 14.5 Å². The summed E-state index contributed by atoms with van der Waals surface area (Å²) in [6.07, 6.45) is 63.5. The van der Waals surface area contributed by atoms with Gasteiger partial charge in [0.2, 0.25) is 5.75 Å². The molecule has 0 bridgehead atoms. The zero-order valence-electron chi connectivity index (χ0n) is 46.6. The molecule has 0 atom stereocenters. The van der Waals surface area contributed by atoms with E-state index in [1.165, 1.54) is 277 Å². The van der Waals surface area contributed by atoms with Crippen molar-refractivity contribution in [1.29, 1.82) is 0 Å². The van der Waals surface area contributed by atoms with Gasteiger partial charge in [0.25, 0.3) is 5.75 Å². The lowest BCUT2D eigenvalue weighted by Gasteiger charge is -2.16. The molecular weight excluding hydrogens is 857 g/mol. The number of benzene rings is 1. The highest BCUT2D eigenvalue weighted by molar-refractivity contribution is 5.91. The minimum absolute atomic E-state index is 0.267. The van der Waals surface area contributed by atoms with Crippen LogP contribution in [0.15, 0.2) is 12.1 Å². The summed E-state index contributed by atoms with van der Waals surface area (Å²) in [5.41, 5.74) is 0.325. The van der Waals surface area contributed by atoms with E-state index in [4.69, 9.17) is 29.0 Å². The molecule has 0 aliphatic carbocycles. The first kappa shape index (κ1) is 65.0. The second-order valence-corrected chi connectivity index (χ2v) is 20.9. The van der Waals surface area contributed by atoms with Gasteiger partial charge in [-0.05, 0) is 25.3 Å². The van der Waals surface area contributed by atoms with Gasteiger partial charge in [0.05, 0.1) is 32.5 Å². The fraction of sp³-hybridized carbons (Fsp3) is 0.887. The zero-order valence-corrected chi connectivity index (χ0v) is 46.6. The van der Waals surface area contributed by atoms with Gasteiger partial charge in [0, 0.05) is 6.07 Å². The van der Waals surface area contributed by atoms with Crippen molar-refractivity contribution in [3.05, 3.63) is 17.7 Å². The monoisotopic (exact) mass is 973 g/mol. The molecule has 0 spiro atoms. The van der Waals surface area contributed by atoms with Crippen molar-refractivity contribution in [2.45, 2.75) is 329 Å². The Bertz CT molecular complexity index is 1190. The molecule has 0 saturated heterocycles. The number of esters is 1. The maximum Gasteiger partial charge on any atom is 0.338 e. The maximum absolute atomic E-state index is 12.8. The Kier molecular flexibility index (Phi) is 50.7. The molecule has 0 aliphatic rings. The first-order valence-corrected chi connectivity index (χ1v) is 30.7. The van der Waals surface area contributed by atoms with Crippen molar-refractivity contribution in [2.24, 2.45) is 0 Å². The Hall–Kier alpha value is -1.99. The Morgan fingerprint density at radius 2 is 0.565 bits per heavy atom. The quantitative estimate of drug-likeness (QED) is 0.0279. The van der Waals surface area contributed by atoms with Crippen LogP contribution in [0.25, 0.3) is 0 Å². The number of ether oxygens (including phenoxy) is 2. The zero-order chi connectivity index (χ0) is 49.6. The van der Waals surface area contributed by atoms with Crippen LogP contribution in [-0.4, -0.2) is 32.9 Å². The summed E-state index contributed by atoms with van der Waals surface area (Å²) in [4.78, 5) is 36.1. The molecule has 0 saturated carbocycles. The molecule has 0 aliphatic heterocycles. The van der Waals surface area contributed by atoms with Crippen LogP contribution in [0.4, 0.5) is 0 Å². The molecule has 0 amide bonds. The van der Waals surface area contributed by atoms with Crippen LogP contribution in [0.2, 0.25) is 0 Å². The van der Waals surface area contributed by atoms with Crippen molar-refractivity contribution >= 4 is 5.97 Å². The lowest BCUT2D eigenvalue weighted by molar-refractivity contribution is -0.229. The van der Waals surface area contributed by atoms with Gasteiger partial charge in [-0.3, -0.25) is 0 Å². The van der Waals surface area contributed by atoms with Crippen LogP contribution in [0.5, 0.6) is 17.2 Å². The summed E-state index contributed by atoms with van der Waals surface area (Å²) in [6.45, 7) is 8.30. The largest absolute Gasteiger partial charge is 0.489 e. The Morgan fingerprint density at radius 3 is 0.855 bits per heavy atom. The SMILES string of the molecule is CCCCCCCCCCCCCCCCCCOOc1cc(C(=O)OC)cc(OCCCCCCCCCCCCCCCCCC)c1OOCCCCCCCCCCCCCCCCCC. The minimum Gasteiger partial charge on any atom is -0.489 e. The van der Waals surface area contributed by atoms with E-state index in [1.807, 2.05) is 0 Å². The fourth-order valence-electron chi connectivity index (χ4n) is 9.52. The Balaban J connectivity index is 2.50. The van der Waals surface area contributed by atoms with Gasteiger partial charge < -0.3 is 19.2 Å². The van der Waals surface area contributed by atoms with Crippen LogP contribution in [0.3, 0.4) is 0 Å². The molecule has 0 N–H and O–H groups in total. The van der Waals surface area contributed by atoms with Crippen molar-refractivity contribution in [2.75, 3.05) is 26.9 Å². The molecule has 69 heavy (non-hydrogen) atoms. The predicted molar refractivity (Wildman–Crippen MR) is 295 cm³/mol. The lowest BCUT2D eigenvalue weighted by Crippen LogP contribution is -2.09. The van der Waals surface area contributed by atoms with Gasteiger partial charge in [-0.15, -0.1) is 0 Å². The van der Waals surface area contributed by atoms with Crippen LogP contribution in [-0.2, 0) is 14.5 Å². The highest BCUT2D eigenvalue weighted by Gasteiger charge is 2.22. The van der Waals surface area contributed by atoms with E-state index in [0.717, 1.165) is 38.5 Å². The van der Waals surface area contributed by atoms with E-state index in [-0.39, 0.29) is 5.75 Å². The summed E-state index contributed by atoms with van der Waals surface area (Å²) in [7, 11) is 1.39. The average molecular weight is 974 g/mol. The third kappa shape index (κ3) is 43.3. The van der Waals surface area contributed by atoms with Gasteiger partial charge in [-0.25, -0.2) is 4.79 Å². The van der Waals surface area contributed by atoms with Gasteiger partial charge in [0.15, 0.2) is 5.75 Å². The van der Waals surface area contributed by atoms with E-state index in [1.54, 1.807) is 12.1 Å². The predicted octanol–water partition coefficient (Wildman–Crippen LogP) is 21.3. The maximum atomic E-state index is 12.8. The van der Waals surface area contributed by atoms with Gasteiger partial charge in [-0.2, -0.15) is 9.78 Å². The number of carbonyl (C=O) groups excluding carboxylic acids is 1. The average Bonchev–Trinajstić information content (AvgIpc) is 3.36. The summed E-state index contributed by atoms with van der Waals surface area (Å²) >= 11 is 0. The minimum atomic E-state index is -0.467.